The van der Waals surface area contributed by atoms with Gasteiger partial charge < -0.3 is 10.1 Å². The number of fused-ring (bicyclic) bond motifs is 1. The molecule has 0 fully saturated rings. The van der Waals surface area contributed by atoms with Crippen molar-refractivity contribution in [3.8, 4) is 5.75 Å². The molecule has 0 bridgehead atoms. The lowest BCUT2D eigenvalue weighted by atomic mass is 10.2. The van der Waals surface area contributed by atoms with Crippen LogP contribution in [0.25, 0.3) is 5.78 Å². The molecule has 2 aromatic heterocycles. The van der Waals surface area contributed by atoms with Crippen LogP contribution in [-0.2, 0) is 6.42 Å². The van der Waals surface area contributed by atoms with E-state index in [0.717, 1.165) is 22.0 Å². The average Bonchev–Trinajstić information content (AvgIpc) is 3.16. The van der Waals surface area contributed by atoms with Crippen molar-refractivity contribution in [1.29, 1.82) is 0 Å². The van der Waals surface area contributed by atoms with Crippen molar-refractivity contribution in [2.24, 2.45) is 0 Å². The maximum absolute atomic E-state index is 13.0. The van der Waals surface area contributed by atoms with Crippen LogP contribution in [0.1, 0.15) is 35.7 Å². The molecule has 7 nitrogen and oxygen atoms in total. The number of para-hydroxylation sites is 2. The number of carbonyl (C=O) groups is 1. The first-order valence-corrected chi connectivity index (χ1v) is 10.9. The van der Waals surface area contributed by atoms with Crippen molar-refractivity contribution in [2.45, 2.75) is 37.1 Å². The Balaban J connectivity index is 1.66. The van der Waals surface area contributed by atoms with Gasteiger partial charge in [0.15, 0.2) is 0 Å². The zero-order valence-corrected chi connectivity index (χ0v) is 18.4. The Labute approximate surface area is 184 Å². The first-order chi connectivity index (χ1) is 15.1. The van der Waals surface area contributed by atoms with Gasteiger partial charge in [-0.15, -0.1) is 5.10 Å². The van der Waals surface area contributed by atoms with Crippen LogP contribution in [0.3, 0.4) is 0 Å². The van der Waals surface area contributed by atoms with Gasteiger partial charge in [0.2, 0.25) is 0 Å². The summed E-state index contributed by atoms with van der Waals surface area (Å²) in [7, 11) is 0. The molecule has 0 spiro atoms. The predicted octanol–water partition coefficient (Wildman–Crippen LogP) is 4.80. The summed E-state index contributed by atoms with van der Waals surface area (Å²) in [6.45, 7) is 6.29. The second-order valence-electron chi connectivity index (χ2n) is 6.79. The van der Waals surface area contributed by atoms with E-state index in [1.807, 2.05) is 56.3 Å². The fourth-order valence-electron chi connectivity index (χ4n) is 3.14. The van der Waals surface area contributed by atoms with Crippen molar-refractivity contribution >= 4 is 29.1 Å². The smallest absolute Gasteiger partial charge is 0.259 e. The predicted molar refractivity (Wildman–Crippen MR) is 121 cm³/mol. The molecule has 0 atom stereocenters. The monoisotopic (exact) mass is 433 g/mol. The molecule has 0 unspecified atom stereocenters. The molecule has 0 aliphatic carbocycles. The molecule has 4 aromatic rings. The van der Waals surface area contributed by atoms with Gasteiger partial charge in [-0.25, -0.2) is 4.98 Å². The van der Waals surface area contributed by atoms with E-state index in [0.29, 0.717) is 35.2 Å². The number of nitrogens with one attached hydrogen (secondary N) is 1. The van der Waals surface area contributed by atoms with Crippen molar-refractivity contribution in [1.82, 2.24) is 19.6 Å². The van der Waals surface area contributed by atoms with Crippen LogP contribution in [-0.4, -0.2) is 32.1 Å². The summed E-state index contributed by atoms with van der Waals surface area (Å²) in [6, 6.07) is 16.9. The topological polar surface area (TPSA) is 81.4 Å². The van der Waals surface area contributed by atoms with Gasteiger partial charge in [-0.2, -0.15) is 9.50 Å². The van der Waals surface area contributed by atoms with E-state index in [4.69, 9.17) is 4.74 Å². The summed E-state index contributed by atoms with van der Waals surface area (Å²) in [5.74, 6) is 1.58. The van der Waals surface area contributed by atoms with E-state index in [2.05, 4.69) is 27.3 Å². The van der Waals surface area contributed by atoms with Crippen LogP contribution in [0.15, 0.2) is 64.5 Å². The molecular formula is C23H23N5O2S. The lowest BCUT2D eigenvalue weighted by molar-refractivity contribution is 0.102. The van der Waals surface area contributed by atoms with Gasteiger partial charge in [0.05, 0.1) is 17.9 Å². The summed E-state index contributed by atoms with van der Waals surface area (Å²) < 4.78 is 7.34. The first kappa shape index (κ1) is 20.9. The zero-order chi connectivity index (χ0) is 21.8. The maximum Gasteiger partial charge on any atom is 0.259 e. The Morgan fingerprint density at radius 1 is 1.10 bits per heavy atom. The van der Waals surface area contributed by atoms with Crippen molar-refractivity contribution in [3.05, 3.63) is 71.7 Å². The Morgan fingerprint density at radius 3 is 2.68 bits per heavy atom. The molecule has 31 heavy (non-hydrogen) atoms. The summed E-state index contributed by atoms with van der Waals surface area (Å²) in [5.41, 5.74) is 2.15. The van der Waals surface area contributed by atoms with Gasteiger partial charge in [0.25, 0.3) is 11.7 Å². The lowest BCUT2D eigenvalue weighted by Gasteiger charge is -2.13. The minimum absolute atomic E-state index is 0.220. The van der Waals surface area contributed by atoms with Crippen LogP contribution < -0.4 is 10.1 Å². The van der Waals surface area contributed by atoms with E-state index in [1.54, 1.807) is 16.6 Å². The molecule has 0 aliphatic heterocycles. The van der Waals surface area contributed by atoms with Gasteiger partial charge in [0.1, 0.15) is 16.6 Å². The molecule has 158 valence electrons. The maximum atomic E-state index is 13.0. The number of ether oxygens (including phenoxy) is 1. The largest absolute Gasteiger partial charge is 0.493 e. The lowest BCUT2D eigenvalue weighted by Crippen LogP contribution is -2.14. The van der Waals surface area contributed by atoms with Crippen molar-refractivity contribution in [2.75, 3.05) is 11.9 Å². The SMILES string of the molecule is CCOc1ccccc1C(=O)Nc1ccccc1Sc1cc(CC)nc2nc(C)nn12. The number of carbonyl (C=O) groups excluding carboxylic acids is 1. The van der Waals surface area contributed by atoms with Gasteiger partial charge in [0, 0.05) is 10.6 Å². The Kier molecular flexibility index (Phi) is 6.18. The third-order valence-corrected chi connectivity index (χ3v) is 5.66. The second kappa shape index (κ2) is 9.18. The number of amides is 1. The number of aryl methyl sites for hydroxylation is 2. The Morgan fingerprint density at radius 2 is 1.87 bits per heavy atom. The van der Waals surface area contributed by atoms with Crippen LogP contribution in [0, 0.1) is 6.92 Å². The van der Waals surface area contributed by atoms with Gasteiger partial charge in [-0.3, -0.25) is 4.79 Å². The van der Waals surface area contributed by atoms with Crippen LogP contribution >= 0.6 is 11.8 Å². The van der Waals surface area contributed by atoms with Crippen LogP contribution in [0.5, 0.6) is 5.75 Å². The fourth-order valence-corrected chi connectivity index (χ4v) is 4.14. The van der Waals surface area contributed by atoms with Gasteiger partial charge in [-0.1, -0.05) is 43.0 Å². The minimum Gasteiger partial charge on any atom is -0.493 e. The highest BCUT2D eigenvalue weighted by Gasteiger charge is 2.16. The van der Waals surface area contributed by atoms with E-state index in [-0.39, 0.29) is 5.91 Å². The minimum atomic E-state index is -0.220. The Bertz CT molecular complexity index is 1240. The molecule has 0 aliphatic rings. The molecule has 2 aromatic carbocycles. The molecular weight excluding hydrogens is 410 g/mol. The van der Waals surface area contributed by atoms with Gasteiger partial charge >= 0.3 is 0 Å². The fraction of sp³-hybridized carbons (Fsp3) is 0.217. The first-order valence-electron chi connectivity index (χ1n) is 10.1. The number of aromatic nitrogens is 4. The van der Waals surface area contributed by atoms with Gasteiger partial charge in [-0.05, 0) is 50.6 Å². The normalized spacial score (nSPS) is 10.9. The number of rotatable bonds is 7. The van der Waals surface area contributed by atoms with E-state index < -0.39 is 0 Å². The molecule has 1 amide bonds. The third-order valence-electron chi connectivity index (χ3n) is 4.58. The molecule has 8 heteroatoms. The summed E-state index contributed by atoms with van der Waals surface area (Å²) >= 11 is 1.51. The van der Waals surface area contributed by atoms with Crippen LogP contribution in [0.4, 0.5) is 5.69 Å². The molecule has 4 rings (SSSR count). The number of nitrogens with zero attached hydrogens (tertiary/aromatic N) is 4. The summed E-state index contributed by atoms with van der Waals surface area (Å²) in [4.78, 5) is 22.8. The Hall–Kier alpha value is -3.39. The average molecular weight is 434 g/mol. The number of anilines is 1. The molecule has 0 saturated carbocycles. The van der Waals surface area contributed by atoms with E-state index in [1.165, 1.54) is 11.8 Å². The molecule has 1 N–H and O–H groups in total. The quantitative estimate of drug-likeness (QED) is 0.422. The summed E-state index contributed by atoms with van der Waals surface area (Å²) in [6.07, 6.45) is 0.794. The number of hydrogen-bond donors (Lipinski definition) is 1. The van der Waals surface area contributed by atoms with E-state index in [9.17, 15) is 4.79 Å². The highest BCUT2D eigenvalue weighted by Crippen LogP contribution is 2.34. The number of hydrogen-bond acceptors (Lipinski definition) is 6. The molecule has 2 heterocycles. The van der Waals surface area contributed by atoms with Crippen molar-refractivity contribution in [3.63, 3.8) is 0 Å². The van der Waals surface area contributed by atoms with E-state index >= 15 is 0 Å². The molecule has 0 radical (unpaired) electrons. The highest BCUT2D eigenvalue weighted by molar-refractivity contribution is 7.99. The van der Waals surface area contributed by atoms with Crippen molar-refractivity contribution < 1.29 is 9.53 Å². The third kappa shape index (κ3) is 4.54. The second-order valence-corrected chi connectivity index (χ2v) is 7.85. The number of benzene rings is 2. The molecule has 0 saturated heterocycles. The highest BCUT2D eigenvalue weighted by atomic mass is 32.2. The summed E-state index contributed by atoms with van der Waals surface area (Å²) in [5, 5.41) is 8.39. The van der Waals surface area contributed by atoms with Crippen LogP contribution in [0.2, 0.25) is 0 Å². The standard InChI is InChI=1S/C23H23N5O2S/c1-4-16-14-21(28-23(25-16)24-15(3)27-28)31-20-13-9-7-11-18(20)26-22(29)17-10-6-8-12-19(17)30-5-2/h6-14H,4-5H2,1-3H3,(H,26,29). The zero-order valence-electron chi connectivity index (χ0n) is 17.6.